The van der Waals surface area contributed by atoms with Gasteiger partial charge in [-0.15, -0.1) is 0 Å². The molecule has 5 nitrogen and oxygen atoms in total. The number of hydrogen-bond donors (Lipinski definition) is 0. The molecule has 5 heteroatoms. The first kappa shape index (κ1) is 12.2. The van der Waals surface area contributed by atoms with Crippen LogP contribution in [-0.4, -0.2) is 36.0 Å². The maximum atomic E-state index is 12.0. The molecular weight excluding hydrogens is 246 g/mol. The van der Waals surface area contributed by atoms with Crippen molar-refractivity contribution >= 4 is 11.9 Å². The van der Waals surface area contributed by atoms with Crippen LogP contribution in [0.4, 0.5) is 0 Å². The Morgan fingerprint density at radius 1 is 1.58 bits per heavy atom. The zero-order chi connectivity index (χ0) is 14.8. The number of esters is 1. The number of rotatable bonds is 4. The average Bonchev–Trinajstić information content (AvgIpc) is 2.82. The van der Waals surface area contributed by atoms with Gasteiger partial charge >= 0.3 is 5.97 Å². The molecule has 0 unspecified atom stereocenters. The first-order chi connectivity index (χ1) is 9.48. The van der Waals surface area contributed by atoms with Crippen LogP contribution in [0, 0.1) is 0 Å². The smallest absolute Gasteiger partial charge is 0.328 e. The number of benzene rings is 1. The van der Waals surface area contributed by atoms with Gasteiger partial charge in [0.15, 0.2) is 6.23 Å². The SMILES string of the molecule is [2H][C@](C)(C(=O)OCC)N1C(=O)CO[C@@H]1c1ccccc1. The zero-order valence-corrected chi connectivity index (χ0v) is 11.0. The molecule has 1 aromatic rings. The minimum Gasteiger partial charge on any atom is -0.464 e. The zero-order valence-electron chi connectivity index (χ0n) is 12.0. The summed E-state index contributed by atoms with van der Waals surface area (Å²) in [5.41, 5.74) is 0.723. The van der Waals surface area contributed by atoms with Gasteiger partial charge in [-0.25, -0.2) is 4.79 Å². The normalized spacial score (nSPS) is 22.8. The summed E-state index contributed by atoms with van der Waals surface area (Å²) in [6, 6.07) is 7.23. The molecule has 1 aliphatic rings. The van der Waals surface area contributed by atoms with Gasteiger partial charge in [0.25, 0.3) is 5.91 Å². The maximum Gasteiger partial charge on any atom is 0.328 e. The van der Waals surface area contributed by atoms with E-state index in [4.69, 9.17) is 10.8 Å². The highest BCUT2D eigenvalue weighted by Gasteiger charge is 2.39. The van der Waals surface area contributed by atoms with Crippen LogP contribution < -0.4 is 0 Å². The Hall–Kier alpha value is -1.88. The molecule has 0 aliphatic carbocycles. The molecule has 102 valence electrons. The fourth-order valence-corrected chi connectivity index (χ4v) is 1.98. The first-order valence-electron chi connectivity index (χ1n) is 6.64. The third-order valence-electron chi connectivity index (χ3n) is 2.88. The summed E-state index contributed by atoms with van der Waals surface area (Å²) < 4.78 is 18.5. The third-order valence-corrected chi connectivity index (χ3v) is 2.88. The Morgan fingerprint density at radius 3 is 2.89 bits per heavy atom. The van der Waals surface area contributed by atoms with E-state index in [2.05, 4.69) is 0 Å². The van der Waals surface area contributed by atoms with Crippen LogP contribution in [0.25, 0.3) is 0 Å². The van der Waals surface area contributed by atoms with Gasteiger partial charge < -0.3 is 9.47 Å². The third kappa shape index (κ3) is 2.76. The molecule has 19 heavy (non-hydrogen) atoms. The van der Waals surface area contributed by atoms with Crippen molar-refractivity contribution in [3.8, 4) is 0 Å². The van der Waals surface area contributed by atoms with Gasteiger partial charge in [-0.05, 0) is 13.8 Å². The lowest BCUT2D eigenvalue weighted by atomic mass is 10.1. The molecule has 0 spiro atoms. The fourth-order valence-electron chi connectivity index (χ4n) is 1.98. The molecule has 1 fully saturated rings. The fraction of sp³-hybridized carbons (Fsp3) is 0.429. The number of carbonyl (C=O) groups is 2. The predicted octanol–water partition coefficient (Wildman–Crippen LogP) is 1.50. The Labute approximate surface area is 113 Å². The van der Waals surface area contributed by atoms with Crippen LogP contribution in [0.1, 0.15) is 27.0 Å². The predicted molar refractivity (Wildman–Crippen MR) is 68.1 cm³/mol. The molecule has 2 rings (SSSR count). The van der Waals surface area contributed by atoms with Crippen LogP contribution in [-0.2, 0) is 19.1 Å². The van der Waals surface area contributed by atoms with E-state index in [0.29, 0.717) is 0 Å². The summed E-state index contributed by atoms with van der Waals surface area (Å²) >= 11 is 0. The van der Waals surface area contributed by atoms with Crippen molar-refractivity contribution in [3.05, 3.63) is 35.9 Å². The van der Waals surface area contributed by atoms with Crippen LogP contribution >= 0.6 is 0 Å². The number of amides is 1. The van der Waals surface area contributed by atoms with Gasteiger partial charge in [0, 0.05) is 5.56 Å². The summed E-state index contributed by atoms with van der Waals surface area (Å²) in [5, 5.41) is 0. The van der Waals surface area contributed by atoms with E-state index >= 15 is 0 Å². The number of hydrogen-bond acceptors (Lipinski definition) is 4. The van der Waals surface area contributed by atoms with Crippen molar-refractivity contribution in [1.29, 1.82) is 0 Å². The van der Waals surface area contributed by atoms with Crippen molar-refractivity contribution in [3.63, 3.8) is 0 Å². The second-order valence-corrected chi connectivity index (χ2v) is 4.14. The summed E-state index contributed by atoms with van der Waals surface area (Å²) in [6.07, 6.45) is -0.740. The van der Waals surface area contributed by atoms with Crippen LogP contribution in [0.15, 0.2) is 30.3 Å². The number of ether oxygens (including phenoxy) is 2. The first-order valence-corrected chi connectivity index (χ1v) is 6.14. The minimum atomic E-state index is -1.82. The van der Waals surface area contributed by atoms with E-state index in [9.17, 15) is 9.59 Å². The molecule has 0 N–H and O–H groups in total. The highest BCUT2D eigenvalue weighted by atomic mass is 16.5. The molecule has 1 aliphatic heterocycles. The molecule has 1 saturated heterocycles. The van der Waals surface area contributed by atoms with E-state index in [1.165, 1.54) is 6.92 Å². The molecule has 1 amide bonds. The number of carbonyl (C=O) groups excluding carboxylic acids is 2. The molecular formula is C14H17NO4. The molecule has 0 bridgehead atoms. The van der Waals surface area contributed by atoms with Gasteiger partial charge in [-0.2, -0.15) is 0 Å². The molecule has 0 radical (unpaired) electrons. The van der Waals surface area contributed by atoms with Crippen molar-refractivity contribution in [1.82, 2.24) is 4.90 Å². The van der Waals surface area contributed by atoms with E-state index in [1.807, 2.05) is 18.2 Å². The highest BCUT2D eigenvalue weighted by Crippen LogP contribution is 2.29. The van der Waals surface area contributed by atoms with Crippen molar-refractivity contribution in [2.45, 2.75) is 26.1 Å². The van der Waals surface area contributed by atoms with E-state index in [1.54, 1.807) is 19.1 Å². The molecule has 1 aromatic carbocycles. The lowest BCUT2D eigenvalue weighted by molar-refractivity contribution is -0.155. The van der Waals surface area contributed by atoms with Gasteiger partial charge in [0.1, 0.15) is 12.6 Å². The summed E-state index contributed by atoms with van der Waals surface area (Å²) in [6.45, 7) is 3.01. The second kappa shape index (κ2) is 5.84. The quantitative estimate of drug-likeness (QED) is 0.773. The van der Waals surface area contributed by atoms with E-state index in [0.717, 1.165) is 10.5 Å². The Balaban J connectivity index is 2.31. The van der Waals surface area contributed by atoms with Gasteiger partial charge in [0.2, 0.25) is 0 Å². The Morgan fingerprint density at radius 2 is 2.26 bits per heavy atom. The number of nitrogens with zero attached hydrogens (tertiary/aromatic N) is 1. The van der Waals surface area contributed by atoms with Crippen molar-refractivity contribution < 1.29 is 20.4 Å². The van der Waals surface area contributed by atoms with Crippen molar-refractivity contribution in [2.75, 3.05) is 13.2 Å². The molecule has 0 aromatic heterocycles. The summed E-state index contributed by atoms with van der Waals surface area (Å²) in [4.78, 5) is 25.0. The summed E-state index contributed by atoms with van der Waals surface area (Å²) in [5.74, 6) is -1.16. The van der Waals surface area contributed by atoms with Crippen LogP contribution in [0.5, 0.6) is 0 Å². The summed E-state index contributed by atoms with van der Waals surface area (Å²) in [7, 11) is 0. The second-order valence-electron chi connectivity index (χ2n) is 4.14. The van der Waals surface area contributed by atoms with Crippen LogP contribution in [0.3, 0.4) is 0 Å². The van der Waals surface area contributed by atoms with E-state index in [-0.39, 0.29) is 13.2 Å². The average molecular weight is 264 g/mol. The molecule has 0 saturated carbocycles. The molecule has 1 heterocycles. The minimum absolute atomic E-state index is 0.145. The lowest BCUT2D eigenvalue weighted by Gasteiger charge is -2.28. The highest BCUT2D eigenvalue weighted by molar-refractivity contribution is 5.86. The van der Waals surface area contributed by atoms with Crippen LogP contribution in [0.2, 0.25) is 0 Å². The standard InChI is InChI=1S/C14H17NO4/c1-3-18-14(17)10(2)15-12(16)9-19-13(15)11-7-5-4-6-8-11/h4-8,10,13H,3,9H2,1-2H3/t10-,13+/m0/s1/i10D. The Bertz CT molecular complexity index is 503. The van der Waals surface area contributed by atoms with Gasteiger partial charge in [0.05, 0.1) is 7.98 Å². The largest absolute Gasteiger partial charge is 0.464 e. The van der Waals surface area contributed by atoms with Gasteiger partial charge in [-0.1, -0.05) is 30.3 Å². The topological polar surface area (TPSA) is 55.8 Å². The van der Waals surface area contributed by atoms with Crippen molar-refractivity contribution in [2.24, 2.45) is 0 Å². The Kier molecular flexibility index (Phi) is 3.74. The molecule has 2 atom stereocenters. The lowest BCUT2D eigenvalue weighted by Crippen LogP contribution is -2.42. The van der Waals surface area contributed by atoms with E-state index < -0.39 is 24.1 Å². The van der Waals surface area contributed by atoms with Gasteiger partial charge in [-0.3, -0.25) is 9.69 Å². The maximum absolute atomic E-state index is 12.0. The monoisotopic (exact) mass is 264 g/mol.